The average Bonchev–Trinajstić information content (AvgIpc) is 2.37. The van der Waals surface area contributed by atoms with Crippen molar-refractivity contribution in [2.45, 2.75) is 18.2 Å². The van der Waals surface area contributed by atoms with Gasteiger partial charge in [0.2, 0.25) is 0 Å². The van der Waals surface area contributed by atoms with E-state index in [0.29, 0.717) is 10.0 Å². The van der Waals surface area contributed by atoms with Gasteiger partial charge in [-0.2, -0.15) is 0 Å². The number of rotatable bonds is 3. The van der Waals surface area contributed by atoms with Crippen molar-refractivity contribution in [3.8, 4) is 0 Å². The zero-order chi connectivity index (χ0) is 14.0. The number of aryl methyl sites for hydroxylation is 1. The van der Waals surface area contributed by atoms with E-state index in [1.54, 1.807) is 0 Å². The minimum Gasteiger partial charge on any atom is -0.0835 e. The molecule has 0 bridgehead atoms. The monoisotopic (exact) mass is 420 g/mol. The molecule has 0 heterocycles. The summed E-state index contributed by atoms with van der Waals surface area (Å²) in [5.41, 5.74) is 3.63. The van der Waals surface area contributed by atoms with Crippen molar-refractivity contribution < 1.29 is 0 Å². The van der Waals surface area contributed by atoms with Gasteiger partial charge in [0, 0.05) is 9.30 Å². The van der Waals surface area contributed by atoms with Crippen LogP contribution in [0.5, 0.6) is 0 Å². The summed E-state index contributed by atoms with van der Waals surface area (Å²) in [7, 11) is 0. The number of hydrogen-bond donors (Lipinski definition) is 0. The van der Waals surface area contributed by atoms with Crippen LogP contribution < -0.4 is 0 Å². The lowest BCUT2D eigenvalue weighted by Crippen LogP contribution is -1.96. The molecule has 0 saturated heterocycles. The second kappa shape index (κ2) is 6.62. The normalized spacial score (nSPS) is 12.5. The van der Waals surface area contributed by atoms with Crippen molar-refractivity contribution in [2.24, 2.45) is 0 Å². The van der Waals surface area contributed by atoms with Crippen LogP contribution in [0, 0.1) is 6.92 Å². The molecule has 0 aromatic heterocycles. The summed E-state index contributed by atoms with van der Waals surface area (Å²) in [5, 5.41) is 1.19. The van der Waals surface area contributed by atoms with Gasteiger partial charge < -0.3 is 0 Å². The van der Waals surface area contributed by atoms with Gasteiger partial charge in [0.15, 0.2) is 0 Å². The standard InChI is InChI=1S/C15H12Br2Cl2/c1-9-2-4-11(8-12(9)16)13(17)6-10-3-5-14(18)15(19)7-10/h2-5,7-8,13H,6H2,1H3. The van der Waals surface area contributed by atoms with Crippen molar-refractivity contribution in [2.75, 3.05) is 0 Å². The van der Waals surface area contributed by atoms with Gasteiger partial charge >= 0.3 is 0 Å². The Balaban J connectivity index is 2.17. The van der Waals surface area contributed by atoms with E-state index in [2.05, 4.69) is 57.0 Å². The lowest BCUT2D eigenvalue weighted by Gasteiger charge is -2.12. The largest absolute Gasteiger partial charge is 0.0835 e. The first-order valence-electron chi connectivity index (χ1n) is 5.81. The van der Waals surface area contributed by atoms with Gasteiger partial charge in [-0.3, -0.25) is 0 Å². The summed E-state index contributed by atoms with van der Waals surface area (Å²) in [6, 6.07) is 12.2. The van der Waals surface area contributed by atoms with Crippen LogP contribution >= 0.6 is 55.1 Å². The highest BCUT2D eigenvalue weighted by Gasteiger charge is 2.10. The fourth-order valence-corrected chi connectivity index (χ4v) is 3.17. The molecule has 1 unspecified atom stereocenters. The van der Waals surface area contributed by atoms with Crippen molar-refractivity contribution in [3.63, 3.8) is 0 Å². The van der Waals surface area contributed by atoms with Crippen molar-refractivity contribution >= 4 is 55.1 Å². The molecule has 2 rings (SSSR count). The molecule has 2 aromatic rings. The van der Waals surface area contributed by atoms with E-state index < -0.39 is 0 Å². The Morgan fingerprint density at radius 3 is 2.42 bits per heavy atom. The molecular formula is C15H12Br2Cl2. The molecule has 0 spiro atoms. The van der Waals surface area contributed by atoms with Crippen molar-refractivity contribution in [1.82, 2.24) is 0 Å². The lowest BCUT2D eigenvalue weighted by atomic mass is 10.0. The molecule has 0 N–H and O–H groups in total. The molecule has 0 amide bonds. The summed E-state index contributed by atoms with van der Waals surface area (Å²) < 4.78 is 1.13. The molecule has 0 aliphatic carbocycles. The minimum absolute atomic E-state index is 0.252. The van der Waals surface area contributed by atoms with Crippen LogP contribution in [0.1, 0.15) is 21.5 Å². The first-order valence-corrected chi connectivity index (χ1v) is 8.28. The minimum atomic E-state index is 0.252. The molecule has 0 aliphatic heterocycles. The predicted molar refractivity (Wildman–Crippen MR) is 90.7 cm³/mol. The van der Waals surface area contributed by atoms with Gasteiger partial charge in [-0.1, -0.05) is 73.3 Å². The summed E-state index contributed by atoms with van der Waals surface area (Å²) in [6.45, 7) is 2.08. The maximum Gasteiger partial charge on any atom is 0.0595 e. The van der Waals surface area contributed by atoms with Crippen LogP contribution in [0.25, 0.3) is 0 Å². The van der Waals surface area contributed by atoms with Crippen molar-refractivity contribution in [3.05, 3.63) is 67.6 Å². The van der Waals surface area contributed by atoms with E-state index in [1.807, 2.05) is 18.2 Å². The molecule has 0 fully saturated rings. The Hall–Kier alpha value is -0.0200. The van der Waals surface area contributed by atoms with E-state index >= 15 is 0 Å². The van der Waals surface area contributed by atoms with Gasteiger partial charge in [0.25, 0.3) is 0 Å². The summed E-state index contributed by atoms with van der Waals surface area (Å²) in [4.78, 5) is 0.252. The summed E-state index contributed by atoms with van der Waals surface area (Å²) in [6.07, 6.45) is 0.867. The molecule has 0 nitrogen and oxygen atoms in total. The zero-order valence-corrected chi connectivity index (χ0v) is 14.9. The summed E-state index contributed by atoms with van der Waals surface area (Å²) >= 11 is 19.2. The van der Waals surface area contributed by atoms with Crippen molar-refractivity contribution in [1.29, 1.82) is 0 Å². The van der Waals surface area contributed by atoms with Crippen LogP contribution in [0.4, 0.5) is 0 Å². The highest BCUT2D eigenvalue weighted by Crippen LogP contribution is 2.32. The summed E-state index contributed by atoms with van der Waals surface area (Å²) in [5.74, 6) is 0. The van der Waals surface area contributed by atoms with Gasteiger partial charge in [-0.25, -0.2) is 0 Å². The van der Waals surface area contributed by atoms with Gasteiger partial charge in [-0.15, -0.1) is 0 Å². The fourth-order valence-electron chi connectivity index (χ4n) is 1.80. The molecular weight excluding hydrogens is 411 g/mol. The Kier molecular flexibility index (Phi) is 5.36. The second-order valence-electron chi connectivity index (χ2n) is 4.43. The van der Waals surface area contributed by atoms with Gasteiger partial charge in [0.1, 0.15) is 0 Å². The van der Waals surface area contributed by atoms with Gasteiger partial charge in [-0.05, 0) is 48.2 Å². The topological polar surface area (TPSA) is 0 Å². The number of halogens is 4. The Morgan fingerprint density at radius 2 is 1.79 bits per heavy atom. The lowest BCUT2D eigenvalue weighted by molar-refractivity contribution is 0.947. The molecule has 4 heteroatoms. The predicted octanol–water partition coefficient (Wildman–Crippen LogP) is 6.74. The maximum absolute atomic E-state index is 6.03. The highest BCUT2D eigenvalue weighted by molar-refractivity contribution is 9.10. The SMILES string of the molecule is Cc1ccc(C(Br)Cc2ccc(Cl)c(Cl)c2)cc1Br. The first kappa shape index (κ1) is 15.4. The maximum atomic E-state index is 6.03. The molecule has 100 valence electrons. The number of benzene rings is 2. The third-order valence-electron chi connectivity index (χ3n) is 2.96. The van der Waals surface area contributed by atoms with E-state index in [9.17, 15) is 0 Å². The third kappa shape index (κ3) is 3.98. The number of alkyl halides is 1. The van der Waals surface area contributed by atoms with Crippen LogP contribution in [-0.4, -0.2) is 0 Å². The molecule has 0 saturated carbocycles. The molecule has 19 heavy (non-hydrogen) atoms. The zero-order valence-electron chi connectivity index (χ0n) is 10.3. The Labute approximate surface area is 140 Å². The Morgan fingerprint density at radius 1 is 1.05 bits per heavy atom. The Bertz CT molecular complexity index is 597. The molecule has 1 atom stereocenters. The van der Waals surface area contributed by atoms with Crippen LogP contribution in [-0.2, 0) is 6.42 Å². The fraction of sp³-hybridized carbons (Fsp3) is 0.200. The second-order valence-corrected chi connectivity index (χ2v) is 7.20. The van der Waals surface area contributed by atoms with E-state index in [4.69, 9.17) is 23.2 Å². The molecule has 0 radical (unpaired) electrons. The quantitative estimate of drug-likeness (QED) is 0.480. The molecule has 0 aliphatic rings. The smallest absolute Gasteiger partial charge is 0.0595 e. The molecule has 2 aromatic carbocycles. The van der Waals surface area contributed by atoms with E-state index in [1.165, 1.54) is 11.1 Å². The first-order chi connectivity index (χ1) is 8.97. The van der Waals surface area contributed by atoms with E-state index in [0.717, 1.165) is 16.5 Å². The average molecular weight is 423 g/mol. The number of hydrogen-bond acceptors (Lipinski definition) is 0. The highest BCUT2D eigenvalue weighted by atomic mass is 79.9. The van der Waals surface area contributed by atoms with Gasteiger partial charge in [0.05, 0.1) is 10.0 Å². The van der Waals surface area contributed by atoms with E-state index in [-0.39, 0.29) is 4.83 Å². The van der Waals surface area contributed by atoms with Crippen LogP contribution in [0.2, 0.25) is 10.0 Å². The van der Waals surface area contributed by atoms with Crippen LogP contribution in [0.3, 0.4) is 0 Å². The third-order valence-corrected chi connectivity index (χ3v) is 5.40. The van der Waals surface area contributed by atoms with Crippen LogP contribution in [0.15, 0.2) is 40.9 Å².